The van der Waals surface area contributed by atoms with Gasteiger partial charge in [-0.15, -0.1) is 0 Å². The van der Waals surface area contributed by atoms with Gasteiger partial charge < -0.3 is 9.47 Å². The average molecular weight is 331 g/mol. The van der Waals surface area contributed by atoms with Gasteiger partial charge in [-0.25, -0.2) is 0 Å². The van der Waals surface area contributed by atoms with Gasteiger partial charge in [0, 0.05) is 11.5 Å². The van der Waals surface area contributed by atoms with Crippen LogP contribution in [0.3, 0.4) is 0 Å². The lowest BCUT2D eigenvalue weighted by Gasteiger charge is -2.14. The monoisotopic (exact) mass is 330 g/mol. The third-order valence-corrected chi connectivity index (χ3v) is 3.51. The summed E-state index contributed by atoms with van der Waals surface area (Å²) < 4.78 is 10.9. The Morgan fingerprint density at radius 3 is 2.72 bits per heavy atom. The van der Waals surface area contributed by atoms with Crippen LogP contribution in [0.5, 0.6) is 0 Å². The molecule has 0 bridgehead atoms. The van der Waals surface area contributed by atoms with Gasteiger partial charge in [0.15, 0.2) is 6.29 Å². The van der Waals surface area contributed by atoms with Crippen molar-refractivity contribution in [3.63, 3.8) is 0 Å². The van der Waals surface area contributed by atoms with Crippen molar-refractivity contribution in [3.8, 4) is 0 Å². The molecule has 0 amide bonds. The van der Waals surface area contributed by atoms with E-state index in [0.29, 0.717) is 18.5 Å². The molecule has 0 spiro atoms. The summed E-state index contributed by atoms with van der Waals surface area (Å²) in [6.45, 7) is 3.33. The molecule has 1 unspecified atom stereocenters. The Labute approximate surface area is 122 Å². The third kappa shape index (κ3) is 7.21. The van der Waals surface area contributed by atoms with Crippen LogP contribution in [-0.4, -0.2) is 24.8 Å². The third-order valence-electron chi connectivity index (χ3n) is 2.11. The number of ether oxygens (including phenoxy) is 2. The smallest absolute Gasteiger partial charge is 0.167 e. The maximum atomic E-state index is 5.55. The van der Waals surface area contributed by atoms with Gasteiger partial charge in [-0.2, -0.15) is 0 Å². The van der Waals surface area contributed by atoms with Crippen molar-refractivity contribution >= 4 is 27.7 Å². The van der Waals surface area contributed by atoms with Crippen LogP contribution in [0.15, 0.2) is 46.7 Å². The zero-order chi connectivity index (χ0) is 13.1. The highest BCUT2D eigenvalue weighted by molar-refractivity contribution is 9.09. The zero-order valence-electron chi connectivity index (χ0n) is 10.5. The summed E-state index contributed by atoms with van der Waals surface area (Å²) in [6, 6.07) is 10.3. The van der Waals surface area contributed by atoms with E-state index >= 15 is 0 Å². The Kier molecular flexibility index (Phi) is 9.30. The topological polar surface area (TPSA) is 18.5 Å². The SMILES string of the molecule is CCOC(CBr)OCC/C=C/Sc1ccccc1. The highest BCUT2D eigenvalue weighted by Gasteiger charge is 2.04. The van der Waals surface area contributed by atoms with Crippen molar-refractivity contribution in [2.24, 2.45) is 0 Å². The molecule has 18 heavy (non-hydrogen) atoms. The largest absolute Gasteiger partial charge is 0.352 e. The van der Waals surface area contributed by atoms with Crippen LogP contribution in [0, 0.1) is 0 Å². The number of hydrogen-bond donors (Lipinski definition) is 0. The predicted octanol–water partition coefficient (Wildman–Crippen LogP) is 4.46. The molecule has 1 aromatic carbocycles. The molecule has 1 rings (SSSR count). The molecule has 0 aliphatic heterocycles. The molecule has 2 nitrogen and oxygen atoms in total. The van der Waals surface area contributed by atoms with Crippen molar-refractivity contribution in [1.29, 1.82) is 0 Å². The summed E-state index contributed by atoms with van der Waals surface area (Å²) >= 11 is 5.08. The number of halogens is 1. The van der Waals surface area contributed by atoms with E-state index < -0.39 is 0 Å². The van der Waals surface area contributed by atoms with E-state index in [4.69, 9.17) is 9.47 Å². The summed E-state index contributed by atoms with van der Waals surface area (Å²) in [5.41, 5.74) is 0. The Morgan fingerprint density at radius 1 is 1.28 bits per heavy atom. The Balaban J connectivity index is 2.10. The van der Waals surface area contributed by atoms with Gasteiger partial charge in [-0.3, -0.25) is 0 Å². The molecule has 0 radical (unpaired) electrons. The Morgan fingerprint density at radius 2 is 2.06 bits per heavy atom. The second-order valence-electron chi connectivity index (χ2n) is 3.50. The molecule has 0 heterocycles. The van der Waals surface area contributed by atoms with E-state index in [-0.39, 0.29) is 6.29 Å². The summed E-state index contributed by atoms with van der Waals surface area (Å²) in [4.78, 5) is 1.25. The van der Waals surface area contributed by atoms with E-state index in [1.807, 2.05) is 25.1 Å². The summed E-state index contributed by atoms with van der Waals surface area (Å²) in [5.74, 6) is 0. The van der Waals surface area contributed by atoms with E-state index in [1.54, 1.807) is 11.8 Å². The van der Waals surface area contributed by atoms with Crippen LogP contribution < -0.4 is 0 Å². The Bertz CT molecular complexity index is 330. The van der Waals surface area contributed by atoms with Gasteiger partial charge in [0.2, 0.25) is 0 Å². The van der Waals surface area contributed by atoms with Crippen LogP contribution in [-0.2, 0) is 9.47 Å². The van der Waals surface area contributed by atoms with Gasteiger partial charge in [-0.05, 0) is 30.9 Å². The van der Waals surface area contributed by atoms with Crippen molar-refractivity contribution in [1.82, 2.24) is 0 Å². The van der Waals surface area contributed by atoms with E-state index in [1.165, 1.54) is 4.90 Å². The molecule has 0 aliphatic carbocycles. The highest BCUT2D eigenvalue weighted by atomic mass is 79.9. The molecule has 0 fully saturated rings. The van der Waals surface area contributed by atoms with Crippen LogP contribution in [0.2, 0.25) is 0 Å². The minimum Gasteiger partial charge on any atom is -0.352 e. The minimum absolute atomic E-state index is 0.134. The minimum atomic E-state index is -0.134. The van der Waals surface area contributed by atoms with Crippen LogP contribution in [0.25, 0.3) is 0 Å². The van der Waals surface area contributed by atoms with Crippen LogP contribution in [0.4, 0.5) is 0 Å². The van der Waals surface area contributed by atoms with Gasteiger partial charge in [0.25, 0.3) is 0 Å². The molecule has 0 N–H and O–H groups in total. The number of alkyl halides is 1. The Hall–Kier alpha value is -0.290. The molecule has 1 aromatic rings. The normalized spacial score (nSPS) is 13.0. The van der Waals surface area contributed by atoms with Gasteiger partial charge in [-0.1, -0.05) is 52.0 Å². The van der Waals surface area contributed by atoms with E-state index in [2.05, 4.69) is 39.5 Å². The first-order valence-electron chi connectivity index (χ1n) is 6.02. The fourth-order valence-corrected chi connectivity index (χ4v) is 2.36. The summed E-state index contributed by atoms with van der Waals surface area (Å²) in [7, 11) is 0. The van der Waals surface area contributed by atoms with Crippen molar-refractivity contribution < 1.29 is 9.47 Å². The van der Waals surface area contributed by atoms with Crippen molar-refractivity contribution in [2.75, 3.05) is 18.5 Å². The molecular formula is C14H19BrO2S. The molecule has 100 valence electrons. The average Bonchev–Trinajstić information content (AvgIpc) is 2.42. The molecule has 0 saturated carbocycles. The van der Waals surface area contributed by atoms with E-state index in [9.17, 15) is 0 Å². The zero-order valence-corrected chi connectivity index (χ0v) is 13.0. The summed E-state index contributed by atoms with van der Waals surface area (Å²) in [5, 5.41) is 2.81. The molecule has 0 aromatic heterocycles. The fraction of sp³-hybridized carbons (Fsp3) is 0.429. The number of rotatable bonds is 9. The van der Waals surface area contributed by atoms with Crippen molar-refractivity contribution in [2.45, 2.75) is 24.5 Å². The number of benzene rings is 1. The predicted molar refractivity (Wildman–Crippen MR) is 81.2 cm³/mol. The highest BCUT2D eigenvalue weighted by Crippen LogP contribution is 2.18. The second kappa shape index (κ2) is 10.6. The van der Waals surface area contributed by atoms with Crippen LogP contribution >= 0.6 is 27.7 Å². The second-order valence-corrected chi connectivity index (χ2v) is 5.13. The van der Waals surface area contributed by atoms with E-state index in [0.717, 1.165) is 6.42 Å². The molecular weight excluding hydrogens is 312 g/mol. The lowest BCUT2D eigenvalue weighted by Crippen LogP contribution is -2.19. The summed E-state index contributed by atoms with van der Waals surface area (Å²) in [6.07, 6.45) is 2.89. The number of hydrogen-bond acceptors (Lipinski definition) is 3. The maximum Gasteiger partial charge on any atom is 0.167 e. The van der Waals surface area contributed by atoms with Gasteiger partial charge in [0.1, 0.15) is 0 Å². The first kappa shape index (κ1) is 15.8. The molecule has 0 aliphatic rings. The standard InChI is InChI=1S/C14H19BrO2S/c1-2-16-14(12-15)17-10-6-7-11-18-13-8-4-3-5-9-13/h3-5,7-9,11,14H,2,6,10,12H2,1H3/b11-7+. The quantitative estimate of drug-likeness (QED) is 0.288. The van der Waals surface area contributed by atoms with Gasteiger partial charge >= 0.3 is 0 Å². The van der Waals surface area contributed by atoms with Crippen LogP contribution in [0.1, 0.15) is 13.3 Å². The lowest BCUT2D eigenvalue weighted by molar-refractivity contribution is -0.121. The van der Waals surface area contributed by atoms with Crippen molar-refractivity contribution in [3.05, 3.63) is 41.8 Å². The first-order chi connectivity index (χ1) is 8.86. The lowest BCUT2D eigenvalue weighted by atomic mass is 10.4. The molecule has 0 saturated heterocycles. The molecule has 1 atom stereocenters. The molecule has 4 heteroatoms. The fourth-order valence-electron chi connectivity index (χ4n) is 1.28. The maximum absolute atomic E-state index is 5.55. The number of thioether (sulfide) groups is 1. The first-order valence-corrected chi connectivity index (χ1v) is 8.02. The van der Waals surface area contributed by atoms with Gasteiger partial charge in [0.05, 0.1) is 11.9 Å².